The van der Waals surface area contributed by atoms with E-state index in [0.29, 0.717) is 17.3 Å². The average molecular weight is 505 g/mol. The van der Waals surface area contributed by atoms with E-state index in [0.717, 1.165) is 38.5 Å². The lowest BCUT2D eigenvalue weighted by molar-refractivity contribution is 0.376. The Kier molecular flexibility index (Phi) is 7.72. The van der Waals surface area contributed by atoms with Crippen LogP contribution in [0.15, 0.2) is 66.3 Å². The number of aryl methyl sites for hydroxylation is 3. The van der Waals surface area contributed by atoms with Crippen molar-refractivity contribution < 1.29 is 0 Å². The van der Waals surface area contributed by atoms with Crippen molar-refractivity contribution in [2.24, 2.45) is 17.3 Å². The second kappa shape index (κ2) is 10.9. The van der Waals surface area contributed by atoms with Crippen LogP contribution in [-0.4, -0.2) is 0 Å². The van der Waals surface area contributed by atoms with Crippen LogP contribution in [0.3, 0.4) is 0 Å². The number of fused-ring (bicyclic) bond motifs is 2. The molecule has 3 aliphatic rings. The molecule has 0 bridgehead atoms. The summed E-state index contributed by atoms with van der Waals surface area (Å²) < 4.78 is 0. The quantitative estimate of drug-likeness (QED) is 0.314. The van der Waals surface area contributed by atoms with Gasteiger partial charge in [-0.2, -0.15) is 0 Å². The van der Waals surface area contributed by atoms with Gasteiger partial charge in [-0.15, -0.1) is 0 Å². The number of rotatable bonds is 8. The van der Waals surface area contributed by atoms with Crippen LogP contribution >= 0.6 is 0 Å². The highest BCUT2D eigenvalue weighted by Crippen LogP contribution is 2.43. The van der Waals surface area contributed by atoms with Crippen molar-refractivity contribution in [3.05, 3.63) is 105 Å². The summed E-state index contributed by atoms with van der Waals surface area (Å²) in [6.45, 7) is 20.7. The Morgan fingerprint density at radius 2 is 1.68 bits per heavy atom. The Morgan fingerprint density at radius 3 is 2.42 bits per heavy atom. The third kappa shape index (κ3) is 5.70. The summed E-state index contributed by atoms with van der Waals surface area (Å²) in [7, 11) is 0. The first-order valence-electron chi connectivity index (χ1n) is 15.2. The van der Waals surface area contributed by atoms with Crippen LogP contribution in [0.5, 0.6) is 0 Å². The molecule has 2 aromatic carbocycles. The Hall–Kier alpha value is -2.60. The van der Waals surface area contributed by atoms with Gasteiger partial charge in [0.25, 0.3) is 0 Å². The van der Waals surface area contributed by atoms with E-state index in [4.69, 9.17) is 0 Å². The van der Waals surface area contributed by atoms with Gasteiger partial charge in [0.05, 0.1) is 0 Å². The van der Waals surface area contributed by atoms with Crippen LogP contribution in [0.2, 0.25) is 0 Å². The zero-order valence-electron chi connectivity index (χ0n) is 24.7. The summed E-state index contributed by atoms with van der Waals surface area (Å²) in [5.74, 6) is 1.20. The SMILES string of the molecule is C=C(CC1=CCCC1C1=Cc2cc(CC)c(CC)cc2C1)c1ccc2c(c1)CC(C(=C)CC(C)(C)C)CC2. The van der Waals surface area contributed by atoms with E-state index in [1.165, 1.54) is 75.8 Å². The highest BCUT2D eigenvalue weighted by Gasteiger charge is 2.28. The maximum Gasteiger partial charge on any atom is 0.00199 e. The minimum Gasteiger partial charge on any atom is -0.0995 e. The normalized spacial score (nSPS) is 20.6. The van der Waals surface area contributed by atoms with Gasteiger partial charge < -0.3 is 0 Å². The molecule has 0 aromatic heterocycles. The molecule has 0 fully saturated rings. The van der Waals surface area contributed by atoms with Crippen LogP contribution in [-0.2, 0) is 32.1 Å². The van der Waals surface area contributed by atoms with Gasteiger partial charge in [-0.1, -0.05) is 107 Å². The standard InChI is InChI=1S/C38H48/c1-8-27-18-34-22-36(23-35(34)19-28(27)9-2)37-12-10-11-32(37)17-25(3)30-15-13-29-14-16-31(21-33(29)20-30)26(4)24-38(5,6)7/h11,13,15,18-20,22,31,37H,3-4,8-10,12,14,16-17,21,23-24H2,1-2,5-7H3. The van der Waals surface area contributed by atoms with E-state index in [1.807, 2.05) is 0 Å². The molecule has 0 spiro atoms. The lowest BCUT2D eigenvalue weighted by Gasteiger charge is -2.30. The molecular weight excluding hydrogens is 456 g/mol. The summed E-state index contributed by atoms with van der Waals surface area (Å²) in [4.78, 5) is 0. The predicted molar refractivity (Wildman–Crippen MR) is 167 cm³/mol. The zero-order valence-corrected chi connectivity index (χ0v) is 24.7. The van der Waals surface area contributed by atoms with Crippen LogP contribution in [0.25, 0.3) is 11.6 Å². The number of allylic oxidation sites excluding steroid dienone is 5. The first-order valence-corrected chi connectivity index (χ1v) is 15.2. The molecule has 0 heteroatoms. The topological polar surface area (TPSA) is 0 Å². The van der Waals surface area contributed by atoms with Crippen LogP contribution in [0.1, 0.15) is 106 Å². The van der Waals surface area contributed by atoms with Gasteiger partial charge in [-0.05, 0) is 120 Å². The average Bonchev–Trinajstić information content (AvgIpc) is 3.52. The molecule has 200 valence electrons. The van der Waals surface area contributed by atoms with Crippen LogP contribution in [0, 0.1) is 17.3 Å². The number of hydrogen-bond donors (Lipinski definition) is 0. The van der Waals surface area contributed by atoms with Crippen molar-refractivity contribution >= 4 is 11.6 Å². The molecule has 2 aromatic rings. The fourth-order valence-corrected chi connectivity index (χ4v) is 7.28. The van der Waals surface area contributed by atoms with Gasteiger partial charge >= 0.3 is 0 Å². The first-order chi connectivity index (χ1) is 18.1. The predicted octanol–water partition coefficient (Wildman–Crippen LogP) is 10.3. The second-order valence-corrected chi connectivity index (χ2v) is 13.4. The van der Waals surface area contributed by atoms with Crippen molar-refractivity contribution in [3.8, 4) is 0 Å². The van der Waals surface area contributed by atoms with E-state index in [-0.39, 0.29) is 0 Å². The van der Waals surface area contributed by atoms with E-state index in [9.17, 15) is 0 Å². The smallest absolute Gasteiger partial charge is 0.00199 e. The van der Waals surface area contributed by atoms with Crippen molar-refractivity contribution in [2.45, 2.75) is 98.8 Å². The first kappa shape index (κ1) is 27.0. The molecule has 0 aliphatic heterocycles. The molecular formula is C38H48. The van der Waals surface area contributed by atoms with E-state index < -0.39 is 0 Å². The molecule has 0 saturated heterocycles. The molecule has 0 amide bonds. The Bertz CT molecular complexity index is 1300. The third-order valence-electron chi connectivity index (χ3n) is 9.31. The molecule has 0 nitrogen and oxygen atoms in total. The highest BCUT2D eigenvalue weighted by molar-refractivity contribution is 5.70. The number of hydrogen-bond acceptors (Lipinski definition) is 0. The maximum atomic E-state index is 4.61. The van der Waals surface area contributed by atoms with Crippen LogP contribution < -0.4 is 0 Å². The van der Waals surface area contributed by atoms with Gasteiger partial charge in [-0.3, -0.25) is 0 Å². The Balaban J connectivity index is 1.28. The summed E-state index contributed by atoms with van der Waals surface area (Å²) in [5, 5.41) is 0. The molecule has 5 rings (SSSR count). The van der Waals surface area contributed by atoms with E-state index in [2.05, 4.69) is 90.3 Å². The van der Waals surface area contributed by atoms with Gasteiger partial charge in [-0.25, -0.2) is 0 Å². The van der Waals surface area contributed by atoms with Gasteiger partial charge in [0.1, 0.15) is 0 Å². The van der Waals surface area contributed by atoms with Crippen molar-refractivity contribution in [1.29, 1.82) is 0 Å². The summed E-state index contributed by atoms with van der Waals surface area (Å²) in [5.41, 5.74) is 16.7. The number of benzene rings is 2. The summed E-state index contributed by atoms with van der Waals surface area (Å²) in [6.07, 6.45) is 16.5. The Labute approximate surface area is 232 Å². The lowest BCUT2D eigenvalue weighted by atomic mass is 9.75. The highest BCUT2D eigenvalue weighted by atomic mass is 14.3. The molecule has 0 N–H and O–H groups in total. The fraction of sp³-hybridized carbons (Fsp3) is 0.474. The molecule has 38 heavy (non-hydrogen) atoms. The monoisotopic (exact) mass is 504 g/mol. The Morgan fingerprint density at radius 1 is 0.921 bits per heavy atom. The van der Waals surface area contributed by atoms with Crippen LogP contribution in [0.4, 0.5) is 0 Å². The molecule has 0 radical (unpaired) electrons. The van der Waals surface area contributed by atoms with Gasteiger partial charge in [0.15, 0.2) is 0 Å². The second-order valence-electron chi connectivity index (χ2n) is 13.4. The van der Waals surface area contributed by atoms with Crippen molar-refractivity contribution in [2.75, 3.05) is 0 Å². The van der Waals surface area contributed by atoms with Gasteiger partial charge in [0, 0.05) is 5.92 Å². The van der Waals surface area contributed by atoms with E-state index in [1.54, 1.807) is 11.1 Å². The van der Waals surface area contributed by atoms with E-state index >= 15 is 0 Å². The molecule has 0 saturated carbocycles. The van der Waals surface area contributed by atoms with Crippen molar-refractivity contribution in [3.63, 3.8) is 0 Å². The molecule has 3 aliphatic carbocycles. The molecule has 2 unspecified atom stereocenters. The minimum atomic E-state index is 0.311. The van der Waals surface area contributed by atoms with Gasteiger partial charge in [0.2, 0.25) is 0 Å². The molecule has 2 atom stereocenters. The maximum absolute atomic E-state index is 4.61. The third-order valence-corrected chi connectivity index (χ3v) is 9.31. The zero-order chi connectivity index (χ0) is 27.0. The minimum absolute atomic E-state index is 0.311. The summed E-state index contributed by atoms with van der Waals surface area (Å²) in [6, 6.07) is 12.1. The largest absolute Gasteiger partial charge is 0.0995 e. The van der Waals surface area contributed by atoms with Crippen molar-refractivity contribution in [1.82, 2.24) is 0 Å². The summed E-state index contributed by atoms with van der Waals surface area (Å²) >= 11 is 0. The lowest BCUT2D eigenvalue weighted by Crippen LogP contribution is -2.19. The molecule has 0 heterocycles. The fourth-order valence-electron chi connectivity index (χ4n) is 7.28.